The first kappa shape index (κ1) is 15.5. The van der Waals surface area contributed by atoms with Crippen molar-refractivity contribution in [3.05, 3.63) is 17.5 Å². The lowest BCUT2D eigenvalue weighted by atomic mass is 9.82. The molecule has 1 aliphatic rings. The molecule has 1 saturated heterocycles. The standard InChI is InChI=1S/C13H24N4.ClH/c1-13(2)4-6-17(7-5-13)10-12-11(8-14)9-15-16(12)3;/h9H,4-8,10,14H2,1-3H3;1H. The van der Waals surface area contributed by atoms with Crippen molar-refractivity contribution in [2.75, 3.05) is 13.1 Å². The van der Waals surface area contributed by atoms with E-state index in [-0.39, 0.29) is 12.4 Å². The third-order valence-corrected chi connectivity index (χ3v) is 3.95. The highest BCUT2D eigenvalue weighted by Crippen LogP contribution is 2.30. The number of rotatable bonds is 3. The Morgan fingerprint density at radius 2 is 1.94 bits per heavy atom. The van der Waals surface area contributed by atoms with Gasteiger partial charge < -0.3 is 5.73 Å². The zero-order valence-corrected chi connectivity index (χ0v) is 12.5. The molecule has 0 atom stereocenters. The molecule has 2 N–H and O–H groups in total. The summed E-state index contributed by atoms with van der Waals surface area (Å²) in [5, 5.41) is 4.29. The van der Waals surface area contributed by atoms with Crippen molar-refractivity contribution < 1.29 is 0 Å². The van der Waals surface area contributed by atoms with E-state index >= 15 is 0 Å². The fraction of sp³-hybridized carbons (Fsp3) is 0.769. The average molecular weight is 273 g/mol. The van der Waals surface area contributed by atoms with Gasteiger partial charge in [-0.15, -0.1) is 12.4 Å². The van der Waals surface area contributed by atoms with Crippen molar-refractivity contribution >= 4 is 12.4 Å². The van der Waals surface area contributed by atoms with Crippen molar-refractivity contribution in [1.82, 2.24) is 14.7 Å². The molecule has 2 heterocycles. The Hall–Kier alpha value is -0.580. The fourth-order valence-corrected chi connectivity index (χ4v) is 2.41. The minimum atomic E-state index is 0. The molecule has 1 aromatic heterocycles. The number of likely N-dealkylation sites (tertiary alicyclic amines) is 1. The molecule has 0 bridgehead atoms. The molecule has 0 aromatic carbocycles. The smallest absolute Gasteiger partial charge is 0.0565 e. The maximum absolute atomic E-state index is 5.74. The van der Waals surface area contributed by atoms with Gasteiger partial charge in [0, 0.05) is 25.7 Å². The van der Waals surface area contributed by atoms with E-state index in [9.17, 15) is 0 Å². The van der Waals surface area contributed by atoms with Gasteiger partial charge in [0.2, 0.25) is 0 Å². The monoisotopic (exact) mass is 272 g/mol. The predicted octanol–water partition coefficient (Wildman–Crippen LogP) is 1.92. The van der Waals surface area contributed by atoms with E-state index in [1.807, 2.05) is 17.9 Å². The zero-order valence-electron chi connectivity index (χ0n) is 11.6. The topological polar surface area (TPSA) is 47.1 Å². The molecule has 0 spiro atoms. The van der Waals surface area contributed by atoms with Crippen molar-refractivity contribution in [3.63, 3.8) is 0 Å². The molecular formula is C13H25ClN4. The Morgan fingerprint density at radius 3 is 2.50 bits per heavy atom. The first-order chi connectivity index (χ1) is 8.02. The number of aromatic nitrogens is 2. The van der Waals surface area contributed by atoms with E-state index in [1.54, 1.807) is 0 Å². The SMILES string of the molecule is Cl.Cn1ncc(CN)c1CN1CCC(C)(C)CC1. The lowest BCUT2D eigenvalue weighted by molar-refractivity contribution is 0.124. The Morgan fingerprint density at radius 1 is 1.33 bits per heavy atom. The van der Waals surface area contributed by atoms with E-state index in [4.69, 9.17) is 5.73 Å². The first-order valence-corrected chi connectivity index (χ1v) is 6.44. The number of nitrogens with two attached hydrogens (primary N) is 1. The third-order valence-electron chi connectivity index (χ3n) is 3.95. The Kier molecular flexibility index (Phi) is 5.20. The maximum Gasteiger partial charge on any atom is 0.0565 e. The Bertz CT molecular complexity index is 376. The summed E-state index contributed by atoms with van der Waals surface area (Å²) in [5.41, 5.74) is 8.70. The normalized spacial score (nSPS) is 19.6. The van der Waals surface area contributed by atoms with E-state index in [0.29, 0.717) is 12.0 Å². The van der Waals surface area contributed by atoms with Crippen LogP contribution < -0.4 is 5.73 Å². The largest absolute Gasteiger partial charge is 0.326 e. The number of hydrogen-bond donors (Lipinski definition) is 1. The van der Waals surface area contributed by atoms with Gasteiger partial charge >= 0.3 is 0 Å². The quantitative estimate of drug-likeness (QED) is 0.915. The minimum Gasteiger partial charge on any atom is -0.326 e. The van der Waals surface area contributed by atoms with Crippen LogP contribution in [0.5, 0.6) is 0 Å². The molecule has 2 rings (SSSR count). The summed E-state index contributed by atoms with van der Waals surface area (Å²) in [6, 6.07) is 0. The van der Waals surface area contributed by atoms with Gasteiger partial charge in [-0.1, -0.05) is 13.8 Å². The summed E-state index contributed by atoms with van der Waals surface area (Å²) in [5.74, 6) is 0. The van der Waals surface area contributed by atoms with Crippen LogP contribution in [0.1, 0.15) is 37.9 Å². The highest BCUT2D eigenvalue weighted by atomic mass is 35.5. The number of piperidine rings is 1. The zero-order chi connectivity index (χ0) is 12.5. The first-order valence-electron chi connectivity index (χ1n) is 6.44. The summed E-state index contributed by atoms with van der Waals surface area (Å²) in [6.07, 6.45) is 4.45. The molecule has 0 radical (unpaired) electrons. The molecule has 0 saturated carbocycles. The molecular weight excluding hydrogens is 248 g/mol. The van der Waals surface area contributed by atoms with Crippen molar-refractivity contribution in [2.24, 2.45) is 18.2 Å². The molecule has 4 nitrogen and oxygen atoms in total. The molecule has 1 aromatic rings. The molecule has 0 unspecified atom stereocenters. The van der Waals surface area contributed by atoms with E-state index < -0.39 is 0 Å². The Labute approximate surface area is 116 Å². The summed E-state index contributed by atoms with van der Waals surface area (Å²) in [4.78, 5) is 2.52. The van der Waals surface area contributed by atoms with Crippen LogP contribution in [0.2, 0.25) is 0 Å². The van der Waals surface area contributed by atoms with Crippen LogP contribution in [0, 0.1) is 5.41 Å². The minimum absolute atomic E-state index is 0. The van der Waals surface area contributed by atoms with Crippen molar-refractivity contribution in [2.45, 2.75) is 39.8 Å². The van der Waals surface area contributed by atoms with Crippen LogP contribution in [-0.2, 0) is 20.1 Å². The van der Waals surface area contributed by atoms with Crippen molar-refractivity contribution in [3.8, 4) is 0 Å². The summed E-state index contributed by atoms with van der Waals surface area (Å²) in [7, 11) is 2.00. The summed E-state index contributed by atoms with van der Waals surface area (Å²) < 4.78 is 1.96. The molecule has 1 aliphatic heterocycles. The average Bonchev–Trinajstić information content (AvgIpc) is 2.63. The van der Waals surface area contributed by atoms with Crippen LogP contribution in [0.25, 0.3) is 0 Å². The van der Waals surface area contributed by atoms with Crippen LogP contribution in [0.3, 0.4) is 0 Å². The lowest BCUT2D eigenvalue weighted by Crippen LogP contribution is -2.37. The van der Waals surface area contributed by atoms with Gasteiger partial charge in [-0.25, -0.2) is 0 Å². The van der Waals surface area contributed by atoms with Crippen LogP contribution in [0.15, 0.2) is 6.20 Å². The van der Waals surface area contributed by atoms with Gasteiger partial charge in [-0.2, -0.15) is 5.10 Å². The second kappa shape index (κ2) is 6.04. The van der Waals surface area contributed by atoms with Gasteiger partial charge in [0.25, 0.3) is 0 Å². The molecule has 1 fully saturated rings. The van der Waals surface area contributed by atoms with Crippen molar-refractivity contribution in [1.29, 1.82) is 0 Å². The third kappa shape index (κ3) is 3.46. The Balaban J connectivity index is 0.00000162. The highest BCUT2D eigenvalue weighted by molar-refractivity contribution is 5.85. The van der Waals surface area contributed by atoms with Crippen LogP contribution in [0.4, 0.5) is 0 Å². The highest BCUT2D eigenvalue weighted by Gasteiger charge is 2.26. The number of nitrogens with zero attached hydrogens (tertiary/aromatic N) is 3. The number of aryl methyl sites for hydroxylation is 1. The molecule has 104 valence electrons. The van der Waals surface area contributed by atoms with Gasteiger partial charge in [0.1, 0.15) is 0 Å². The van der Waals surface area contributed by atoms with E-state index in [2.05, 4.69) is 23.8 Å². The van der Waals surface area contributed by atoms with E-state index in [1.165, 1.54) is 37.2 Å². The predicted molar refractivity (Wildman–Crippen MR) is 76.6 cm³/mol. The van der Waals surface area contributed by atoms with Crippen LogP contribution >= 0.6 is 12.4 Å². The number of halogens is 1. The van der Waals surface area contributed by atoms with E-state index in [0.717, 1.165) is 6.54 Å². The summed E-state index contributed by atoms with van der Waals surface area (Å²) in [6.45, 7) is 8.66. The van der Waals surface area contributed by atoms with Crippen LogP contribution in [-0.4, -0.2) is 27.8 Å². The number of hydrogen-bond acceptors (Lipinski definition) is 3. The molecule has 0 amide bonds. The van der Waals surface area contributed by atoms with Gasteiger partial charge in [0.15, 0.2) is 0 Å². The van der Waals surface area contributed by atoms with Gasteiger partial charge in [0.05, 0.1) is 11.9 Å². The summed E-state index contributed by atoms with van der Waals surface area (Å²) >= 11 is 0. The molecule has 5 heteroatoms. The second-order valence-corrected chi connectivity index (χ2v) is 5.88. The van der Waals surface area contributed by atoms with Gasteiger partial charge in [-0.05, 0) is 31.3 Å². The lowest BCUT2D eigenvalue weighted by Gasteiger charge is -2.36. The maximum atomic E-state index is 5.74. The van der Waals surface area contributed by atoms with Gasteiger partial charge in [-0.3, -0.25) is 9.58 Å². The fourth-order valence-electron chi connectivity index (χ4n) is 2.41. The molecule has 0 aliphatic carbocycles. The molecule has 18 heavy (non-hydrogen) atoms. The second-order valence-electron chi connectivity index (χ2n) is 5.88.